The molecule has 0 heterocycles. The average Bonchev–Trinajstić information content (AvgIpc) is 2.45. The third-order valence-electron chi connectivity index (χ3n) is 3.61. The Kier molecular flexibility index (Phi) is 7.23. The fourth-order valence-electron chi connectivity index (χ4n) is 2.15. The van der Waals surface area contributed by atoms with Gasteiger partial charge in [-0.3, -0.25) is 0 Å². The number of aliphatic hydroxyl groups is 1. The summed E-state index contributed by atoms with van der Waals surface area (Å²) in [7, 11) is 0. The highest BCUT2D eigenvalue weighted by Crippen LogP contribution is 2.20. The van der Waals surface area contributed by atoms with E-state index in [4.69, 9.17) is 0 Å². The van der Waals surface area contributed by atoms with Gasteiger partial charge in [-0.15, -0.1) is 0 Å². The number of aliphatic hydroxyl groups excluding tert-OH is 1. The standard InChI is InChI=1S/C17H28N2O2/c1-12(2)15(20)10-11-18-17(21)19-16(13(3)4)14-8-6-5-7-9-14/h5-9,12-13,15-16,20H,10-11H2,1-4H3,(H2,18,19,21). The Morgan fingerprint density at radius 1 is 1.10 bits per heavy atom. The molecule has 0 aromatic heterocycles. The van der Waals surface area contributed by atoms with Crippen LogP contribution in [0.25, 0.3) is 0 Å². The van der Waals surface area contributed by atoms with Gasteiger partial charge in [0.25, 0.3) is 0 Å². The van der Waals surface area contributed by atoms with Gasteiger partial charge in [0.05, 0.1) is 12.1 Å². The SMILES string of the molecule is CC(C)C(O)CCNC(=O)NC(c1ccccc1)C(C)C. The molecule has 0 aliphatic rings. The number of hydrogen-bond donors (Lipinski definition) is 3. The van der Waals surface area contributed by atoms with Crippen LogP contribution in [0.1, 0.15) is 45.7 Å². The molecule has 2 amide bonds. The molecule has 21 heavy (non-hydrogen) atoms. The van der Waals surface area contributed by atoms with E-state index in [0.29, 0.717) is 18.9 Å². The number of hydrogen-bond acceptors (Lipinski definition) is 2. The van der Waals surface area contributed by atoms with Crippen molar-refractivity contribution in [2.75, 3.05) is 6.54 Å². The van der Waals surface area contributed by atoms with Crippen LogP contribution in [-0.2, 0) is 0 Å². The summed E-state index contributed by atoms with van der Waals surface area (Å²) in [5.41, 5.74) is 1.10. The Morgan fingerprint density at radius 3 is 2.24 bits per heavy atom. The summed E-state index contributed by atoms with van der Waals surface area (Å²) >= 11 is 0. The van der Waals surface area contributed by atoms with Gasteiger partial charge in [0.1, 0.15) is 0 Å². The van der Waals surface area contributed by atoms with Gasteiger partial charge in [0.15, 0.2) is 0 Å². The van der Waals surface area contributed by atoms with E-state index < -0.39 is 0 Å². The zero-order chi connectivity index (χ0) is 15.8. The molecule has 0 fully saturated rings. The van der Waals surface area contributed by atoms with Crippen molar-refractivity contribution in [3.05, 3.63) is 35.9 Å². The number of benzene rings is 1. The topological polar surface area (TPSA) is 61.4 Å². The lowest BCUT2D eigenvalue weighted by molar-refractivity contribution is 0.116. The van der Waals surface area contributed by atoms with Gasteiger partial charge in [-0.25, -0.2) is 4.79 Å². The molecule has 0 aliphatic carbocycles. The molecule has 4 heteroatoms. The van der Waals surface area contributed by atoms with Gasteiger partial charge in [-0.1, -0.05) is 58.0 Å². The van der Waals surface area contributed by atoms with Crippen LogP contribution < -0.4 is 10.6 Å². The second-order valence-electron chi connectivity index (χ2n) is 6.13. The zero-order valence-corrected chi connectivity index (χ0v) is 13.5. The minimum absolute atomic E-state index is 0.0128. The Labute approximate surface area is 128 Å². The monoisotopic (exact) mass is 292 g/mol. The number of urea groups is 1. The average molecular weight is 292 g/mol. The van der Waals surface area contributed by atoms with E-state index in [1.807, 2.05) is 44.2 Å². The van der Waals surface area contributed by atoms with Gasteiger partial charge in [0.2, 0.25) is 0 Å². The summed E-state index contributed by atoms with van der Waals surface area (Å²) in [6.45, 7) is 8.58. The summed E-state index contributed by atoms with van der Waals surface area (Å²) in [5, 5.41) is 15.5. The summed E-state index contributed by atoms with van der Waals surface area (Å²) in [6, 6.07) is 9.76. The van der Waals surface area contributed by atoms with E-state index in [1.165, 1.54) is 0 Å². The maximum absolute atomic E-state index is 12.0. The van der Waals surface area contributed by atoms with Crippen molar-refractivity contribution in [1.29, 1.82) is 0 Å². The first-order valence-electron chi connectivity index (χ1n) is 7.69. The molecule has 3 N–H and O–H groups in total. The number of nitrogens with one attached hydrogen (secondary N) is 2. The summed E-state index contributed by atoms with van der Waals surface area (Å²) in [6.07, 6.45) is 0.197. The predicted molar refractivity (Wildman–Crippen MR) is 86.0 cm³/mol. The molecule has 0 radical (unpaired) electrons. The van der Waals surface area contributed by atoms with E-state index in [2.05, 4.69) is 24.5 Å². The molecule has 0 spiro atoms. The molecule has 1 aromatic rings. The second kappa shape index (κ2) is 8.67. The van der Waals surface area contributed by atoms with Crippen LogP contribution in [0.4, 0.5) is 4.79 Å². The van der Waals surface area contributed by atoms with Crippen molar-refractivity contribution in [2.24, 2.45) is 11.8 Å². The highest BCUT2D eigenvalue weighted by Gasteiger charge is 2.18. The van der Waals surface area contributed by atoms with Crippen LogP contribution in [0.15, 0.2) is 30.3 Å². The summed E-state index contributed by atoms with van der Waals surface area (Å²) in [5.74, 6) is 0.516. The maximum Gasteiger partial charge on any atom is 0.315 e. The van der Waals surface area contributed by atoms with Crippen molar-refractivity contribution in [3.8, 4) is 0 Å². The quantitative estimate of drug-likeness (QED) is 0.723. The first kappa shape index (κ1) is 17.5. The van der Waals surface area contributed by atoms with E-state index >= 15 is 0 Å². The Bertz CT molecular complexity index is 418. The Morgan fingerprint density at radius 2 is 1.71 bits per heavy atom. The molecular weight excluding hydrogens is 264 g/mol. The van der Waals surface area contributed by atoms with Gasteiger partial charge in [-0.05, 0) is 23.8 Å². The summed E-state index contributed by atoms with van der Waals surface area (Å²) < 4.78 is 0. The first-order chi connectivity index (χ1) is 9.91. The van der Waals surface area contributed by atoms with Gasteiger partial charge >= 0.3 is 6.03 Å². The lowest BCUT2D eigenvalue weighted by Gasteiger charge is -2.23. The third-order valence-corrected chi connectivity index (χ3v) is 3.61. The zero-order valence-electron chi connectivity index (χ0n) is 13.5. The van der Waals surface area contributed by atoms with Gasteiger partial charge < -0.3 is 15.7 Å². The van der Waals surface area contributed by atoms with Crippen LogP contribution in [0, 0.1) is 11.8 Å². The van der Waals surface area contributed by atoms with Crippen molar-refractivity contribution in [3.63, 3.8) is 0 Å². The molecule has 2 atom stereocenters. The highest BCUT2D eigenvalue weighted by molar-refractivity contribution is 5.74. The number of carbonyl (C=O) groups is 1. The van der Waals surface area contributed by atoms with Crippen LogP contribution >= 0.6 is 0 Å². The van der Waals surface area contributed by atoms with E-state index in [-0.39, 0.29) is 24.1 Å². The molecule has 1 rings (SSSR count). The number of amides is 2. The lowest BCUT2D eigenvalue weighted by Crippen LogP contribution is -2.41. The molecule has 1 aromatic carbocycles. The first-order valence-corrected chi connectivity index (χ1v) is 7.69. The largest absolute Gasteiger partial charge is 0.393 e. The molecule has 0 bridgehead atoms. The van der Waals surface area contributed by atoms with E-state index in [9.17, 15) is 9.90 Å². The smallest absolute Gasteiger partial charge is 0.315 e. The molecule has 0 aliphatic heterocycles. The van der Waals surface area contributed by atoms with Crippen molar-refractivity contribution < 1.29 is 9.90 Å². The second-order valence-corrected chi connectivity index (χ2v) is 6.13. The molecule has 4 nitrogen and oxygen atoms in total. The van der Waals surface area contributed by atoms with E-state index in [0.717, 1.165) is 5.56 Å². The maximum atomic E-state index is 12.0. The third kappa shape index (κ3) is 6.17. The minimum atomic E-state index is -0.375. The normalized spacial score (nSPS) is 14.0. The molecule has 2 unspecified atom stereocenters. The molecular formula is C17H28N2O2. The van der Waals surface area contributed by atoms with Gasteiger partial charge in [0, 0.05) is 6.54 Å². The van der Waals surface area contributed by atoms with Gasteiger partial charge in [-0.2, -0.15) is 0 Å². The van der Waals surface area contributed by atoms with Crippen LogP contribution in [0.5, 0.6) is 0 Å². The lowest BCUT2D eigenvalue weighted by atomic mass is 9.96. The fraction of sp³-hybridized carbons (Fsp3) is 0.588. The van der Waals surface area contributed by atoms with Crippen LogP contribution in [-0.4, -0.2) is 23.8 Å². The van der Waals surface area contributed by atoms with Crippen molar-refractivity contribution >= 4 is 6.03 Å². The van der Waals surface area contributed by atoms with Crippen LogP contribution in [0.2, 0.25) is 0 Å². The molecule has 0 saturated carbocycles. The Hall–Kier alpha value is -1.55. The number of carbonyl (C=O) groups excluding carboxylic acids is 1. The molecule has 0 saturated heterocycles. The Balaban J connectivity index is 2.47. The van der Waals surface area contributed by atoms with Crippen molar-refractivity contribution in [1.82, 2.24) is 10.6 Å². The predicted octanol–water partition coefficient (Wildman–Crippen LogP) is 3.09. The fourth-order valence-corrected chi connectivity index (χ4v) is 2.15. The molecule has 118 valence electrons. The van der Waals surface area contributed by atoms with E-state index in [1.54, 1.807) is 0 Å². The van der Waals surface area contributed by atoms with Crippen LogP contribution in [0.3, 0.4) is 0 Å². The highest BCUT2D eigenvalue weighted by atomic mass is 16.3. The van der Waals surface area contributed by atoms with Crippen molar-refractivity contribution in [2.45, 2.75) is 46.3 Å². The number of rotatable bonds is 7. The summed E-state index contributed by atoms with van der Waals surface area (Å²) in [4.78, 5) is 12.0. The minimum Gasteiger partial charge on any atom is -0.393 e.